The van der Waals surface area contributed by atoms with Crippen LogP contribution in [0.25, 0.3) is 0 Å². The maximum absolute atomic E-state index is 3.62. The fourth-order valence-electron chi connectivity index (χ4n) is 2.10. The molecule has 1 saturated carbocycles. The van der Waals surface area contributed by atoms with Crippen molar-refractivity contribution in [2.24, 2.45) is 5.92 Å². The zero-order valence-electron chi connectivity index (χ0n) is 10.7. The Morgan fingerprint density at radius 1 is 1.31 bits per heavy atom. The Bertz CT molecular complexity index is 341. The molecule has 2 unspecified atom stereocenters. The van der Waals surface area contributed by atoms with Gasteiger partial charge in [0.2, 0.25) is 0 Å². The molecule has 1 fully saturated rings. The molecule has 0 spiro atoms. The lowest BCUT2D eigenvalue weighted by atomic mass is 9.88. The predicted octanol–water partition coefficient (Wildman–Crippen LogP) is 3.49. The van der Waals surface area contributed by atoms with E-state index in [2.05, 4.69) is 50.4 Å². The molecule has 88 valence electrons. The lowest BCUT2D eigenvalue weighted by Crippen LogP contribution is -2.26. The summed E-state index contributed by atoms with van der Waals surface area (Å²) in [5, 5.41) is 3.62. The van der Waals surface area contributed by atoms with E-state index >= 15 is 0 Å². The molecule has 1 aliphatic carbocycles. The van der Waals surface area contributed by atoms with Crippen LogP contribution in [0.4, 0.5) is 0 Å². The van der Waals surface area contributed by atoms with Gasteiger partial charge in [0.05, 0.1) is 0 Å². The van der Waals surface area contributed by atoms with Crippen molar-refractivity contribution in [3.63, 3.8) is 0 Å². The summed E-state index contributed by atoms with van der Waals surface area (Å²) in [5.41, 5.74) is 2.84. The highest BCUT2D eigenvalue weighted by Crippen LogP contribution is 2.26. The first kappa shape index (κ1) is 11.7. The molecule has 1 aromatic carbocycles. The molecule has 2 atom stereocenters. The topological polar surface area (TPSA) is 12.0 Å². The SMILES string of the molecule is Cc1cccc(C(C)C(C)CNC2CC2)c1. The fourth-order valence-corrected chi connectivity index (χ4v) is 2.10. The number of hydrogen-bond acceptors (Lipinski definition) is 1. The van der Waals surface area contributed by atoms with Crippen molar-refractivity contribution in [2.45, 2.75) is 45.6 Å². The van der Waals surface area contributed by atoms with E-state index in [-0.39, 0.29) is 0 Å². The number of benzene rings is 1. The Hall–Kier alpha value is -0.820. The summed E-state index contributed by atoms with van der Waals surface area (Å²) in [4.78, 5) is 0. The zero-order chi connectivity index (χ0) is 11.5. The normalized spacial score (nSPS) is 19.4. The van der Waals surface area contributed by atoms with E-state index in [1.807, 2.05) is 0 Å². The summed E-state index contributed by atoms with van der Waals surface area (Å²) in [6.07, 6.45) is 2.76. The largest absolute Gasteiger partial charge is 0.314 e. The summed E-state index contributed by atoms with van der Waals surface area (Å²) >= 11 is 0. The average molecular weight is 217 g/mol. The highest BCUT2D eigenvalue weighted by Gasteiger charge is 2.22. The fraction of sp³-hybridized carbons (Fsp3) is 0.600. The number of rotatable bonds is 5. The summed E-state index contributed by atoms with van der Waals surface area (Å²) in [5.74, 6) is 1.36. The first-order valence-electron chi connectivity index (χ1n) is 6.47. The molecule has 0 aromatic heterocycles. The molecule has 1 N–H and O–H groups in total. The maximum Gasteiger partial charge on any atom is 0.00683 e. The van der Waals surface area contributed by atoms with Gasteiger partial charge in [0.1, 0.15) is 0 Å². The third kappa shape index (κ3) is 3.08. The first-order chi connectivity index (χ1) is 7.66. The van der Waals surface area contributed by atoms with Crippen molar-refractivity contribution < 1.29 is 0 Å². The van der Waals surface area contributed by atoms with Crippen molar-refractivity contribution in [2.75, 3.05) is 6.54 Å². The summed E-state index contributed by atoms with van der Waals surface area (Å²) in [6, 6.07) is 9.74. The van der Waals surface area contributed by atoms with Crippen LogP contribution in [0.1, 0.15) is 43.7 Å². The van der Waals surface area contributed by atoms with Gasteiger partial charge in [-0.3, -0.25) is 0 Å². The second-order valence-electron chi connectivity index (χ2n) is 5.36. The van der Waals surface area contributed by atoms with Crippen LogP contribution in [-0.2, 0) is 0 Å². The molecular formula is C15H23N. The second kappa shape index (κ2) is 5.01. The second-order valence-corrected chi connectivity index (χ2v) is 5.36. The minimum atomic E-state index is 0.645. The highest BCUT2D eigenvalue weighted by atomic mass is 14.9. The maximum atomic E-state index is 3.62. The molecule has 0 heterocycles. The van der Waals surface area contributed by atoms with Crippen molar-refractivity contribution in [1.82, 2.24) is 5.32 Å². The standard InChI is InChI=1S/C15H23N/c1-11-5-4-6-14(9-11)13(3)12(2)10-16-15-7-8-15/h4-6,9,12-13,15-16H,7-8,10H2,1-3H3. The molecule has 0 aliphatic heterocycles. The van der Waals surface area contributed by atoms with E-state index in [1.54, 1.807) is 0 Å². The van der Waals surface area contributed by atoms with Crippen molar-refractivity contribution in [1.29, 1.82) is 0 Å². The third-order valence-corrected chi connectivity index (χ3v) is 3.73. The molecule has 2 rings (SSSR count). The van der Waals surface area contributed by atoms with Crippen LogP contribution in [0.5, 0.6) is 0 Å². The van der Waals surface area contributed by atoms with Gasteiger partial charge in [-0.25, -0.2) is 0 Å². The molecule has 1 heteroatoms. The molecule has 16 heavy (non-hydrogen) atoms. The minimum Gasteiger partial charge on any atom is -0.314 e. The zero-order valence-corrected chi connectivity index (χ0v) is 10.7. The van der Waals surface area contributed by atoms with Gasteiger partial charge in [0, 0.05) is 6.04 Å². The molecule has 0 saturated heterocycles. The summed E-state index contributed by atoms with van der Waals surface area (Å²) in [7, 11) is 0. The molecule has 0 amide bonds. The number of nitrogens with one attached hydrogen (secondary N) is 1. The van der Waals surface area contributed by atoms with Crippen LogP contribution < -0.4 is 5.32 Å². The Balaban J connectivity index is 1.91. The van der Waals surface area contributed by atoms with Crippen LogP contribution in [-0.4, -0.2) is 12.6 Å². The molecule has 1 aliphatic rings. The quantitative estimate of drug-likeness (QED) is 0.796. The van der Waals surface area contributed by atoms with E-state index in [1.165, 1.54) is 24.0 Å². The Morgan fingerprint density at radius 3 is 2.69 bits per heavy atom. The number of hydrogen-bond donors (Lipinski definition) is 1. The van der Waals surface area contributed by atoms with Crippen molar-refractivity contribution >= 4 is 0 Å². The van der Waals surface area contributed by atoms with Crippen LogP contribution in [0.15, 0.2) is 24.3 Å². The van der Waals surface area contributed by atoms with Gasteiger partial charge in [-0.1, -0.05) is 43.7 Å². The van der Waals surface area contributed by atoms with Crippen molar-refractivity contribution in [3.8, 4) is 0 Å². The molecule has 0 bridgehead atoms. The van der Waals surface area contributed by atoms with Gasteiger partial charge in [0.15, 0.2) is 0 Å². The Labute approximate surface area is 99.3 Å². The summed E-state index contributed by atoms with van der Waals surface area (Å²) < 4.78 is 0. The van der Waals surface area contributed by atoms with E-state index in [0.717, 1.165) is 12.6 Å². The average Bonchev–Trinajstić information content (AvgIpc) is 3.08. The van der Waals surface area contributed by atoms with E-state index in [4.69, 9.17) is 0 Å². The minimum absolute atomic E-state index is 0.645. The van der Waals surface area contributed by atoms with Gasteiger partial charge in [-0.05, 0) is 43.7 Å². The van der Waals surface area contributed by atoms with Crippen LogP contribution in [0.2, 0.25) is 0 Å². The van der Waals surface area contributed by atoms with Gasteiger partial charge in [-0.15, -0.1) is 0 Å². The predicted molar refractivity (Wildman–Crippen MR) is 69.8 cm³/mol. The smallest absolute Gasteiger partial charge is 0.00683 e. The lowest BCUT2D eigenvalue weighted by molar-refractivity contribution is 0.446. The molecule has 0 radical (unpaired) electrons. The van der Waals surface area contributed by atoms with Gasteiger partial charge >= 0.3 is 0 Å². The van der Waals surface area contributed by atoms with Crippen LogP contribution in [0, 0.1) is 12.8 Å². The first-order valence-corrected chi connectivity index (χ1v) is 6.47. The highest BCUT2D eigenvalue weighted by molar-refractivity contribution is 5.25. The van der Waals surface area contributed by atoms with E-state index < -0.39 is 0 Å². The van der Waals surface area contributed by atoms with Gasteiger partial charge in [0.25, 0.3) is 0 Å². The molecule has 1 nitrogen and oxygen atoms in total. The summed E-state index contributed by atoms with van der Waals surface area (Å²) in [6.45, 7) is 8.01. The van der Waals surface area contributed by atoms with Crippen LogP contribution in [0.3, 0.4) is 0 Å². The molecule has 1 aromatic rings. The van der Waals surface area contributed by atoms with Gasteiger partial charge in [-0.2, -0.15) is 0 Å². The third-order valence-electron chi connectivity index (χ3n) is 3.73. The van der Waals surface area contributed by atoms with Gasteiger partial charge < -0.3 is 5.32 Å². The Kier molecular flexibility index (Phi) is 3.65. The van der Waals surface area contributed by atoms with Crippen LogP contribution >= 0.6 is 0 Å². The van der Waals surface area contributed by atoms with E-state index in [0.29, 0.717) is 11.8 Å². The van der Waals surface area contributed by atoms with Crippen molar-refractivity contribution in [3.05, 3.63) is 35.4 Å². The van der Waals surface area contributed by atoms with E-state index in [9.17, 15) is 0 Å². The monoisotopic (exact) mass is 217 g/mol. The lowest BCUT2D eigenvalue weighted by Gasteiger charge is -2.21. The number of aryl methyl sites for hydroxylation is 1. The Morgan fingerprint density at radius 2 is 2.06 bits per heavy atom. The molecular weight excluding hydrogens is 194 g/mol.